The number of aliphatic carboxylic acids is 1. The Morgan fingerprint density at radius 1 is 1.31 bits per heavy atom. The number of likely N-dealkylation sites (tertiary alicyclic amines) is 1. The summed E-state index contributed by atoms with van der Waals surface area (Å²) in [7, 11) is 3.71. The summed E-state index contributed by atoms with van der Waals surface area (Å²) in [6.45, 7) is 2.37. The molecule has 0 aromatic rings. The van der Waals surface area contributed by atoms with Crippen LogP contribution in [0.5, 0.6) is 0 Å². The van der Waals surface area contributed by atoms with Gasteiger partial charge in [0.05, 0.1) is 19.1 Å². The van der Waals surface area contributed by atoms with E-state index < -0.39 is 22.9 Å². The van der Waals surface area contributed by atoms with Crippen LogP contribution in [-0.4, -0.2) is 62.1 Å². The molecule has 1 unspecified atom stereocenters. The lowest BCUT2D eigenvalue weighted by Crippen LogP contribution is -3.19. The number of hydrogen-bond acceptors (Lipinski definition) is 6. The number of carbonyl (C=O) groups excluding carboxylic acids is 2. The number of nitrogens with one attached hydrogen (secondary N) is 2. The van der Waals surface area contributed by atoms with Gasteiger partial charge >= 0.3 is 0 Å². The summed E-state index contributed by atoms with van der Waals surface area (Å²) < 4.78 is 0. The Kier molecular flexibility index (Phi) is 5.00. The van der Waals surface area contributed by atoms with Gasteiger partial charge in [-0.15, -0.1) is 0 Å². The fraction of sp³-hybridized carbons (Fsp3) is 0.741. The molecule has 4 fully saturated rings. The number of piperidine rings is 1. The lowest BCUT2D eigenvalue weighted by atomic mass is 9.35. The van der Waals surface area contributed by atoms with Crippen molar-refractivity contribution in [3.05, 3.63) is 23.3 Å². The molecule has 8 nitrogen and oxygen atoms in total. The number of quaternary nitrogens is 1. The highest BCUT2D eigenvalue weighted by molar-refractivity contribution is 6.04. The minimum Gasteiger partial charge on any atom is -0.545 e. The number of rotatable bonds is 3. The number of aliphatic imine (C=N–C) groups is 1. The number of aliphatic hydroxyl groups is 1. The van der Waals surface area contributed by atoms with Crippen LogP contribution < -0.4 is 21.1 Å². The Hall–Kier alpha value is -2.03. The first-order valence-corrected chi connectivity index (χ1v) is 13.4. The van der Waals surface area contributed by atoms with Gasteiger partial charge < -0.3 is 26.1 Å². The van der Waals surface area contributed by atoms with E-state index in [1.807, 2.05) is 7.05 Å². The van der Waals surface area contributed by atoms with Crippen molar-refractivity contribution < 1.29 is 24.7 Å². The first-order valence-electron chi connectivity index (χ1n) is 13.4. The van der Waals surface area contributed by atoms with Gasteiger partial charge in [0, 0.05) is 54.2 Å². The topological polar surface area (TPSA) is 132 Å². The van der Waals surface area contributed by atoms with Crippen molar-refractivity contribution in [1.82, 2.24) is 5.32 Å². The summed E-state index contributed by atoms with van der Waals surface area (Å²) in [6.07, 6.45) is 10.6. The molecule has 0 aromatic carbocycles. The number of nitrogens with two attached hydrogens (primary N) is 1. The number of Topliss-reactive ketones (excluding diaryl/α,β-unsaturated/α-hetero) is 1. The quantitative estimate of drug-likeness (QED) is 0.231. The van der Waals surface area contributed by atoms with Crippen LogP contribution in [0.4, 0.5) is 0 Å². The summed E-state index contributed by atoms with van der Waals surface area (Å²) in [6, 6.07) is 0. The van der Waals surface area contributed by atoms with Gasteiger partial charge in [0.2, 0.25) is 0 Å². The first-order chi connectivity index (χ1) is 16.7. The third-order valence-electron chi connectivity index (χ3n) is 11.3. The SMILES string of the molecule is CN=C(N)[NH+]1CC[C@@]2(CNC)C=C[C@@H]3[C@@]4(O)C(=O)CCCC[C@@H]5CC[C@@H]6CC(=C4C(=O)[O-])[C@@]53[C@]62C1. The van der Waals surface area contributed by atoms with Crippen molar-refractivity contribution >= 4 is 17.7 Å². The van der Waals surface area contributed by atoms with Crippen LogP contribution >= 0.6 is 0 Å². The maximum absolute atomic E-state index is 13.7. The van der Waals surface area contributed by atoms with Gasteiger partial charge in [-0.1, -0.05) is 24.1 Å². The van der Waals surface area contributed by atoms with Crippen LogP contribution in [-0.2, 0) is 9.59 Å². The molecule has 1 heterocycles. The van der Waals surface area contributed by atoms with Crippen LogP contribution in [0.1, 0.15) is 51.4 Å². The second-order valence-corrected chi connectivity index (χ2v) is 12.0. The molecule has 190 valence electrons. The Bertz CT molecular complexity index is 1080. The first kappa shape index (κ1) is 23.4. The van der Waals surface area contributed by atoms with Crippen molar-refractivity contribution in [2.75, 3.05) is 33.7 Å². The van der Waals surface area contributed by atoms with Gasteiger partial charge in [-0.2, -0.15) is 0 Å². The maximum atomic E-state index is 13.7. The lowest BCUT2D eigenvalue weighted by Gasteiger charge is -2.68. The summed E-state index contributed by atoms with van der Waals surface area (Å²) in [5, 5.41) is 28.5. The molecule has 0 amide bonds. The number of carboxylic acids is 1. The maximum Gasteiger partial charge on any atom is 0.293 e. The van der Waals surface area contributed by atoms with Gasteiger partial charge in [-0.05, 0) is 51.0 Å². The Morgan fingerprint density at radius 3 is 2.80 bits per heavy atom. The molecule has 8 atom stereocenters. The van der Waals surface area contributed by atoms with Crippen molar-refractivity contribution in [2.24, 2.45) is 44.7 Å². The summed E-state index contributed by atoms with van der Waals surface area (Å²) in [5.74, 6) is -1.22. The molecular weight excluding hydrogens is 444 g/mol. The average Bonchev–Trinajstić information content (AvgIpc) is 3.18. The second-order valence-electron chi connectivity index (χ2n) is 12.0. The van der Waals surface area contributed by atoms with Crippen LogP contribution in [0.15, 0.2) is 28.3 Å². The van der Waals surface area contributed by atoms with Crippen molar-refractivity contribution in [2.45, 2.75) is 57.0 Å². The molecular formula is C27H38N4O4. The normalized spacial score (nSPS) is 48.3. The monoisotopic (exact) mass is 482 g/mol. The minimum absolute atomic E-state index is 0.0997. The number of carbonyl (C=O) groups is 2. The Balaban J connectivity index is 1.72. The number of nitrogens with zero attached hydrogens (tertiary/aromatic N) is 1. The van der Waals surface area contributed by atoms with E-state index in [-0.39, 0.29) is 40.4 Å². The highest BCUT2D eigenvalue weighted by atomic mass is 16.4. The highest BCUT2D eigenvalue weighted by Gasteiger charge is 2.84. The molecule has 8 heteroatoms. The molecule has 3 bridgehead atoms. The summed E-state index contributed by atoms with van der Waals surface area (Å²) in [4.78, 5) is 31.9. The van der Waals surface area contributed by atoms with E-state index in [4.69, 9.17) is 5.73 Å². The standard InChI is InChI=1S/C27H38N4O4/c1-29-14-24-10-9-19-26-16-5-3-4-6-20(32)27(19,35)21(22(33)34)18(26)13-17(8-7-16)25(24,26)15-31(12-11-24)23(28)30-2/h9-10,16-17,19,29,35H,3-8,11-15H2,1-2H3,(H2,28,30)(H,33,34)/t16-,17-,19+,24-,25-,26+,27-/m1/s1. The average molecular weight is 483 g/mol. The molecule has 3 saturated carbocycles. The lowest BCUT2D eigenvalue weighted by molar-refractivity contribution is -0.831. The number of hydrogen-bond donors (Lipinski definition) is 4. The number of carboxylic acid groups (broad SMARTS) is 1. The van der Waals surface area contributed by atoms with Gasteiger partial charge in [0.15, 0.2) is 11.4 Å². The Labute approximate surface area is 206 Å². The van der Waals surface area contributed by atoms with Gasteiger partial charge in [-0.3, -0.25) is 9.69 Å². The molecule has 5 aliphatic carbocycles. The molecule has 5 N–H and O–H groups in total. The third kappa shape index (κ3) is 2.42. The highest BCUT2D eigenvalue weighted by Crippen LogP contribution is 2.83. The van der Waals surface area contributed by atoms with E-state index in [2.05, 4.69) is 22.5 Å². The number of guanidine groups is 1. The van der Waals surface area contributed by atoms with E-state index in [9.17, 15) is 19.8 Å². The molecule has 0 aromatic heterocycles. The van der Waals surface area contributed by atoms with E-state index in [1.54, 1.807) is 7.05 Å². The van der Waals surface area contributed by atoms with Crippen molar-refractivity contribution in [3.8, 4) is 0 Å². The van der Waals surface area contributed by atoms with Crippen LogP contribution in [0.2, 0.25) is 0 Å². The zero-order chi connectivity index (χ0) is 24.8. The predicted octanol–water partition coefficient (Wildman–Crippen LogP) is -1.05. The molecule has 2 spiro atoms. The summed E-state index contributed by atoms with van der Waals surface area (Å²) >= 11 is 0. The zero-order valence-electron chi connectivity index (χ0n) is 20.9. The molecule has 35 heavy (non-hydrogen) atoms. The summed E-state index contributed by atoms with van der Waals surface area (Å²) in [5.41, 5.74) is 4.04. The van der Waals surface area contributed by atoms with Crippen LogP contribution in [0.3, 0.4) is 0 Å². The fourth-order valence-corrected chi connectivity index (χ4v) is 10.5. The van der Waals surface area contributed by atoms with Gasteiger partial charge in [-0.25, -0.2) is 4.99 Å². The van der Waals surface area contributed by atoms with Gasteiger partial charge in [0.25, 0.3) is 5.96 Å². The minimum atomic E-state index is -2.02. The van der Waals surface area contributed by atoms with Crippen molar-refractivity contribution in [3.63, 3.8) is 0 Å². The smallest absolute Gasteiger partial charge is 0.293 e. The predicted molar refractivity (Wildman–Crippen MR) is 128 cm³/mol. The largest absolute Gasteiger partial charge is 0.545 e. The Morgan fingerprint density at radius 2 is 2.09 bits per heavy atom. The molecule has 0 radical (unpaired) electrons. The molecule has 6 aliphatic rings. The molecule has 1 aliphatic heterocycles. The van der Waals surface area contributed by atoms with E-state index >= 15 is 0 Å². The fourth-order valence-electron chi connectivity index (χ4n) is 10.5. The number of allylic oxidation sites excluding steroid dienone is 1. The van der Waals surface area contributed by atoms with Crippen molar-refractivity contribution in [1.29, 1.82) is 0 Å². The van der Waals surface area contributed by atoms with Crippen LogP contribution in [0.25, 0.3) is 0 Å². The van der Waals surface area contributed by atoms with E-state index in [0.29, 0.717) is 18.8 Å². The third-order valence-corrected chi connectivity index (χ3v) is 11.3. The molecule has 6 rings (SSSR count). The zero-order valence-corrected chi connectivity index (χ0v) is 20.9. The second kappa shape index (κ2) is 7.49. The number of ketones is 1. The van der Waals surface area contributed by atoms with E-state index in [0.717, 1.165) is 62.2 Å². The van der Waals surface area contributed by atoms with Gasteiger partial charge in [0.1, 0.15) is 0 Å². The molecule has 1 saturated heterocycles. The van der Waals surface area contributed by atoms with E-state index in [1.165, 1.54) is 0 Å². The van der Waals surface area contributed by atoms with Crippen LogP contribution in [0, 0.1) is 34.0 Å².